The number of nitrogens with one attached hydrogen (secondary N) is 1. The van der Waals surface area contributed by atoms with Crippen LogP contribution in [0.15, 0.2) is 0 Å². The van der Waals surface area contributed by atoms with Crippen LogP contribution < -0.4 is 5.32 Å². The molecule has 0 spiro atoms. The zero-order chi connectivity index (χ0) is 14.2. The van der Waals surface area contributed by atoms with Crippen LogP contribution in [-0.2, 0) is 4.79 Å². The van der Waals surface area contributed by atoms with Crippen LogP contribution in [0.3, 0.4) is 0 Å². The first kappa shape index (κ1) is 16.7. The maximum Gasteiger partial charge on any atom is 0.317 e. The molecule has 0 radical (unpaired) electrons. The third kappa shape index (κ3) is 5.38. The molecule has 0 aliphatic rings. The van der Waals surface area contributed by atoms with Crippen molar-refractivity contribution in [2.45, 2.75) is 46.5 Å². The van der Waals surface area contributed by atoms with Gasteiger partial charge in [0.15, 0.2) is 0 Å². The number of carboxylic acid groups (broad SMARTS) is 1. The van der Waals surface area contributed by atoms with Gasteiger partial charge in [-0.15, -0.1) is 0 Å². The van der Waals surface area contributed by atoms with Crippen LogP contribution in [-0.4, -0.2) is 42.1 Å². The minimum absolute atomic E-state index is 0.162. The van der Waals surface area contributed by atoms with E-state index in [1.54, 1.807) is 18.9 Å². The van der Waals surface area contributed by atoms with E-state index < -0.39 is 11.4 Å². The normalized spacial score (nSPS) is 13.8. The topological polar surface area (TPSA) is 69.6 Å². The van der Waals surface area contributed by atoms with Gasteiger partial charge in [-0.1, -0.05) is 26.7 Å². The van der Waals surface area contributed by atoms with Gasteiger partial charge < -0.3 is 15.3 Å². The Morgan fingerprint density at radius 3 is 2.33 bits per heavy atom. The number of amides is 2. The van der Waals surface area contributed by atoms with E-state index in [0.717, 1.165) is 19.3 Å². The van der Waals surface area contributed by atoms with Crippen molar-refractivity contribution in [1.82, 2.24) is 10.2 Å². The Bertz CT molecular complexity index is 281. The van der Waals surface area contributed by atoms with Gasteiger partial charge in [0.25, 0.3) is 0 Å². The lowest BCUT2D eigenvalue weighted by atomic mass is 9.88. The molecule has 1 unspecified atom stereocenters. The Labute approximate surface area is 110 Å². The summed E-state index contributed by atoms with van der Waals surface area (Å²) in [5.41, 5.74) is -0.889. The summed E-state index contributed by atoms with van der Waals surface area (Å²) in [7, 11) is 1.73. The highest BCUT2D eigenvalue weighted by molar-refractivity contribution is 5.77. The zero-order valence-electron chi connectivity index (χ0n) is 12.0. The van der Waals surface area contributed by atoms with Crippen LogP contribution in [0.5, 0.6) is 0 Å². The number of unbranched alkanes of at least 4 members (excludes halogenated alkanes) is 2. The van der Waals surface area contributed by atoms with Gasteiger partial charge in [-0.3, -0.25) is 4.79 Å². The summed E-state index contributed by atoms with van der Waals surface area (Å²) in [4.78, 5) is 24.4. The number of rotatable bonds is 8. The van der Waals surface area contributed by atoms with Crippen LogP contribution in [0.4, 0.5) is 4.79 Å². The van der Waals surface area contributed by atoms with Gasteiger partial charge in [0.1, 0.15) is 0 Å². The summed E-state index contributed by atoms with van der Waals surface area (Å²) in [6.07, 6.45) is 3.67. The highest BCUT2D eigenvalue weighted by Crippen LogP contribution is 2.19. The number of carbonyl (C=O) groups is 2. The maximum atomic E-state index is 11.7. The maximum absolute atomic E-state index is 11.7. The van der Waals surface area contributed by atoms with Crippen LogP contribution >= 0.6 is 0 Å². The minimum Gasteiger partial charge on any atom is -0.481 e. The van der Waals surface area contributed by atoms with Gasteiger partial charge in [-0.05, 0) is 19.8 Å². The fourth-order valence-electron chi connectivity index (χ4n) is 1.46. The van der Waals surface area contributed by atoms with Crippen molar-refractivity contribution in [2.24, 2.45) is 5.41 Å². The molecular formula is C13H26N2O3. The van der Waals surface area contributed by atoms with E-state index in [4.69, 9.17) is 5.11 Å². The van der Waals surface area contributed by atoms with E-state index in [9.17, 15) is 9.59 Å². The van der Waals surface area contributed by atoms with Gasteiger partial charge in [-0.2, -0.15) is 0 Å². The molecule has 0 aromatic heterocycles. The SMILES string of the molecule is CCCCCN(C)C(=O)NCC(C)(CC)C(=O)O. The molecule has 0 saturated heterocycles. The molecule has 5 heteroatoms. The summed E-state index contributed by atoms with van der Waals surface area (Å²) in [6.45, 7) is 6.43. The quantitative estimate of drug-likeness (QED) is 0.656. The summed E-state index contributed by atoms with van der Waals surface area (Å²) in [5, 5.41) is 11.8. The number of aliphatic carboxylic acids is 1. The van der Waals surface area contributed by atoms with Gasteiger partial charge in [-0.25, -0.2) is 4.79 Å². The van der Waals surface area contributed by atoms with E-state index in [1.165, 1.54) is 0 Å². The zero-order valence-corrected chi connectivity index (χ0v) is 12.0. The molecule has 1 atom stereocenters. The first-order valence-corrected chi connectivity index (χ1v) is 6.59. The Hall–Kier alpha value is -1.26. The Morgan fingerprint density at radius 1 is 1.28 bits per heavy atom. The lowest BCUT2D eigenvalue weighted by molar-refractivity contribution is -0.147. The van der Waals surface area contributed by atoms with Gasteiger partial charge in [0.2, 0.25) is 0 Å². The van der Waals surface area contributed by atoms with Gasteiger partial charge in [0, 0.05) is 20.1 Å². The second kappa shape index (κ2) is 7.95. The van der Waals surface area contributed by atoms with Crippen molar-refractivity contribution in [1.29, 1.82) is 0 Å². The highest BCUT2D eigenvalue weighted by atomic mass is 16.4. The van der Waals surface area contributed by atoms with Crippen LogP contribution in [0.1, 0.15) is 46.5 Å². The molecular weight excluding hydrogens is 232 g/mol. The van der Waals surface area contributed by atoms with Gasteiger partial charge >= 0.3 is 12.0 Å². The molecule has 5 nitrogen and oxygen atoms in total. The molecule has 0 aliphatic heterocycles. The summed E-state index contributed by atoms with van der Waals surface area (Å²) in [6, 6.07) is -0.202. The standard InChI is InChI=1S/C13H26N2O3/c1-5-7-8-9-15(4)12(18)14-10-13(3,6-2)11(16)17/h5-10H2,1-4H3,(H,14,18)(H,16,17). The molecule has 106 valence electrons. The lowest BCUT2D eigenvalue weighted by Gasteiger charge is -2.25. The van der Waals surface area contributed by atoms with E-state index in [2.05, 4.69) is 12.2 Å². The van der Waals surface area contributed by atoms with Crippen molar-refractivity contribution in [2.75, 3.05) is 20.1 Å². The molecule has 2 N–H and O–H groups in total. The average molecular weight is 258 g/mol. The number of nitrogens with zero attached hydrogens (tertiary/aromatic N) is 1. The third-order valence-corrected chi connectivity index (χ3v) is 3.37. The molecule has 2 amide bonds. The molecule has 0 heterocycles. The highest BCUT2D eigenvalue weighted by Gasteiger charge is 2.31. The molecule has 18 heavy (non-hydrogen) atoms. The minimum atomic E-state index is -0.889. The number of carboxylic acids is 1. The third-order valence-electron chi connectivity index (χ3n) is 3.37. The van der Waals surface area contributed by atoms with Crippen molar-refractivity contribution in [3.05, 3.63) is 0 Å². The summed E-state index contributed by atoms with van der Waals surface area (Å²) >= 11 is 0. The van der Waals surface area contributed by atoms with Crippen molar-refractivity contribution in [3.63, 3.8) is 0 Å². The largest absolute Gasteiger partial charge is 0.481 e. The summed E-state index contributed by atoms with van der Waals surface area (Å²) < 4.78 is 0. The molecule has 0 bridgehead atoms. The molecule has 0 saturated carbocycles. The second-order valence-corrected chi connectivity index (χ2v) is 5.01. The monoisotopic (exact) mass is 258 g/mol. The Morgan fingerprint density at radius 2 is 1.89 bits per heavy atom. The van der Waals surface area contributed by atoms with Crippen molar-refractivity contribution in [3.8, 4) is 0 Å². The molecule has 0 aromatic carbocycles. The van der Waals surface area contributed by atoms with Crippen molar-refractivity contribution >= 4 is 12.0 Å². The van der Waals surface area contributed by atoms with Crippen LogP contribution in [0.25, 0.3) is 0 Å². The Kier molecular flexibility index (Phi) is 7.39. The predicted molar refractivity (Wildman–Crippen MR) is 71.6 cm³/mol. The number of carbonyl (C=O) groups excluding carboxylic acids is 1. The number of hydrogen-bond acceptors (Lipinski definition) is 2. The summed E-state index contributed by atoms with van der Waals surface area (Å²) in [5.74, 6) is -0.876. The fourth-order valence-corrected chi connectivity index (χ4v) is 1.46. The molecule has 0 fully saturated rings. The fraction of sp³-hybridized carbons (Fsp3) is 0.846. The van der Waals surface area contributed by atoms with Crippen LogP contribution in [0, 0.1) is 5.41 Å². The van der Waals surface area contributed by atoms with Crippen LogP contribution in [0.2, 0.25) is 0 Å². The lowest BCUT2D eigenvalue weighted by Crippen LogP contribution is -2.45. The molecule has 0 aromatic rings. The molecule has 0 rings (SSSR count). The average Bonchev–Trinajstić information content (AvgIpc) is 2.35. The number of urea groups is 1. The van der Waals surface area contributed by atoms with E-state index in [0.29, 0.717) is 13.0 Å². The van der Waals surface area contributed by atoms with E-state index in [-0.39, 0.29) is 12.6 Å². The predicted octanol–water partition coefficient (Wildman–Crippen LogP) is 2.32. The second-order valence-electron chi connectivity index (χ2n) is 5.01. The first-order valence-electron chi connectivity index (χ1n) is 6.59. The first-order chi connectivity index (χ1) is 8.37. The van der Waals surface area contributed by atoms with Crippen molar-refractivity contribution < 1.29 is 14.7 Å². The van der Waals surface area contributed by atoms with E-state index >= 15 is 0 Å². The van der Waals surface area contributed by atoms with Gasteiger partial charge in [0.05, 0.1) is 5.41 Å². The Balaban J connectivity index is 4.12. The molecule has 0 aliphatic carbocycles. The number of hydrogen-bond donors (Lipinski definition) is 2. The smallest absolute Gasteiger partial charge is 0.317 e. The van der Waals surface area contributed by atoms with E-state index in [1.807, 2.05) is 6.92 Å².